The number of aromatic nitrogens is 2. The standard InChI is InChI=1S/C15H27F2N3O/c1-3-6-18-13(5-10-21-12-14(16)17)11-15-19-7-9-20(15)8-4-2/h7,9,13-14,18H,3-6,8,10-12H2,1-2H3. The van der Waals surface area contributed by atoms with Gasteiger partial charge in [0.05, 0.1) is 0 Å². The van der Waals surface area contributed by atoms with Crippen molar-refractivity contribution in [1.29, 1.82) is 0 Å². The number of hydrogen-bond acceptors (Lipinski definition) is 3. The van der Waals surface area contributed by atoms with Crippen molar-refractivity contribution in [3.05, 3.63) is 18.2 Å². The van der Waals surface area contributed by atoms with Crippen molar-refractivity contribution < 1.29 is 13.5 Å². The molecule has 0 fully saturated rings. The Bertz CT molecular complexity index is 372. The lowest BCUT2D eigenvalue weighted by molar-refractivity contribution is 0.0143. The minimum atomic E-state index is -2.39. The van der Waals surface area contributed by atoms with E-state index in [0.29, 0.717) is 13.0 Å². The van der Waals surface area contributed by atoms with Crippen molar-refractivity contribution in [2.24, 2.45) is 0 Å². The first-order valence-corrected chi connectivity index (χ1v) is 7.76. The molecule has 0 amide bonds. The maximum Gasteiger partial charge on any atom is 0.261 e. The Morgan fingerprint density at radius 1 is 1.33 bits per heavy atom. The molecule has 6 heteroatoms. The van der Waals surface area contributed by atoms with E-state index in [2.05, 4.69) is 28.7 Å². The van der Waals surface area contributed by atoms with Gasteiger partial charge in [0.25, 0.3) is 6.43 Å². The van der Waals surface area contributed by atoms with Gasteiger partial charge in [-0.25, -0.2) is 13.8 Å². The zero-order valence-electron chi connectivity index (χ0n) is 13.0. The predicted octanol–water partition coefficient (Wildman–Crippen LogP) is 2.88. The molecule has 0 saturated heterocycles. The van der Waals surface area contributed by atoms with Gasteiger partial charge in [-0.15, -0.1) is 0 Å². The molecular weight excluding hydrogens is 276 g/mol. The number of alkyl halides is 2. The SMILES string of the molecule is CCCNC(CCOCC(F)F)Cc1nccn1CCC. The molecule has 0 saturated carbocycles. The van der Waals surface area contributed by atoms with Gasteiger partial charge in [-0.1, -0.05) is 13.8 Å². The van der Waals surface area contributed by atoms with Gasteiger partial charge in [0.15, 0.2) is 0 Å². The second-order valence-corrected chi connectivity index (χ2v) is 5.15. The van der Waals surface area contributed by atoms with Crippen LogP contribution in [0.2, 0.25) is 0 Å². The number of nitrogens with zero attached hydrogens (tertiary/aromatic N) is 2. The molecule has 0 radical (unpaired) electrons. The molecule has 1 atom stereocenters. The summed E-state index contributed by atoms with van der Waals surface area (Å²) in [6, 6.07) is 0.209. The van der Waals surface area contributed by atoms with Crippen molar-refractivity contribution in [2.75, 3.05) is 19.8 Å². The van der Waals surface area contributed by atoms with Crippen LogP contribution >= 0.6 is 0 Å². The minimum absolute atomic E-state index is 0.209. The van der Waals surface area contributed by atoms with Crippen molar-refractivity contribution in [1.82, 2.24) is 14.9 Å². The highest BCUT2D eigenvalue weighted by Crippen LogP contribution is 2.07. The second-order valence-electron chi connectivity index (χ2n) is 5.15. The Balaban J connectivity index is 2.46. The van der Waals surface area contributed by atoms with E-state index in [1.165, 1.54) is 0 Å². The summed E-state index contributed by atoms with van der Waals surface area (Å²) >= 11 is 0. The number of rotatable bonds is 12. The van der Waals surface area contributed by atoms with Gasteiger partial charge in [-0.2, -0.15) is 0 Å². The van der Waals surface area contributed by atoms with Crippen molar-refractivity contribution >= 4 is 0 Å². The molecule has 0 aliphatic rings. The first-order valence-electron chi connectivity index (χ1n) is 7.76. The highest BCUT2D eigenvalue weighted by atomic mass is 19.3. The third-order valence-corrected chi connectivity index (χ3v) is 3.23. The molecular formula is C15H27F2N3O. The summed E-state index contributed by atoms with van der Waals surface area (Å²) in [7, 11) is 0. The van der Waals surface area contributed by atoms with Crippen LogP contribution in [0.5, 0.6) is 0 Å². The van der Waals surface area contributed by atoms with Crippen molar-refractivity contribution in [3.8, 4) is 0 Å². The summed E-state index contributed by atoms with van der Waals surface area (Å²) in [6.07, 6.45) is 5.02. The number of hydrogen-bond donors (Lipinski definition) is 1. The summed E-state index contributed by atoms with van der Waals surface area (Å²) in [5, 5.41) is 3.44. The lowest BCUT2D eigenvalue weighted by atomic mass is 10.1. The molecule has 1 aromatic heterocycles. The van der Waals surface area contributed by atoms with Crippen LogP contribution in [-0.2, 0) is 17.7 Å². The predicted molar refractivity (Wildman–Crippen MR) is 79.7 cm³/mol. The third-order valence-electron chi connectivity index (χ3n) is 3.23. The van der Waals surface area contributed by atoms with Crippen LogP contribution in [0.4, 0.5) is 8.78 Å². The Morgan fingerprint density at radius 3 is 2.81 bits per heavy atom. The van der Waals surface area contributed by atoms with Crippen LogP contribution in [0.1, 0.15) is 38.9 Å². The van der Waals surface area contributed by atoms with Gasteiger partial charge < -0.3 is 14.6 Å². The summed E-state index contributed by atoms with van der Waals surface area (Å²) in [5.74, 6) is 1.04. The van der Waals surface area contributed by atoms with E-state index in [-0.39, 0.29) is 6.04 Å². The van der Waals surface area contributed by atoms with E-state index in [4.69, 9.17) is 4.74 Å². The lowest BCUT2D eigenvalue weighted by Gasteiger charge is -2.19. The number of aryl methyl sites for hydroxylation is 1. The van der Waals surface area contributed by atoms with Gasteiger partial charge in [-0.05, 0) is 25.8 Å². The summed E-state index contributed by atoms with van der Waals surface area (Å²) < 4.78 is 31.2. The van der Waals surface area contributed by atoms with Crippen LogP contribution in [-0.4, -0.2) is 41.8 Å². The molecule has 1 heterocycles. The molecule has 1 rings (SSSR count). The maximum atomic E-state index is 12.1. The first-order chi connectivity index (χ1) is 10.2. The molecule has 0 spiro atoms. The maximum absolute atomic E-state index is 12.1. The largest absolute Gasteiger partial charge is 0.375 e. The average Bonchev–Trinajstić information content (AvgIpc) is 2.88. The smallest absolute Gasteiger partial charge is 0.261 e. The van der Waals surface area contributed by atoms with Gasteiger partial charge >= 0.3 is 0 Å². The summed E-state index contributed by atoms with van der Waals surface area (Å²) in [5.41, 5.74) is 0. The third kappa shape index (κ3) is 7.52. The van der Waals surface area contributed by atoms with Crippen molar-refractivity contribution in [3.63, 3.8) is 0 Å². The lowest BCUT2D eigenvalue weighted by Crippen LogP contribution is -2.34. The van der Waals surface area contributed by atoms with E-state index in [0.717, 1.165) is 38.2 Å². The van der Waals surface area contributed by atoms with E-state index < -0.39 is 13.0 Å². The first kappa shape index (κ1) is 18.0. The molecule has 0 aliphatic carbocycles. The Morgan fingerprint density at radius 2 is 2.14 bits per heavy atom. The van der Waals surface area contributed by atoms with Crippen LogP contribution in [0, 0.1) is 0 Å². The van der Waals surface area contributed by atoms with Gasteiger partial charge in [0.1, 0.15) is 12.4 Å². The molecule has 0 bridgehead atoms. The molecule has 122 valence electrons. The van der Waals surface area contributed by atoms with E-state index in [9.17, 15) is 8.78 Å². The molecule has 1 N–H and O–H groups in total. The Hall–Kier alpha value is -1.01. The number of ether oxygens (including phenoxy) is 1. The number of nitrogens with one attached hydrogen (secondary N) is 1. The Kier molecular flexibility index (Phi) is 9.17. The number of halogens is 2. The van der Waals surface area contributed by atoms with E-state index >= 15 is 0 Å². The van der Waals surface area contributed by atoms with Gasteiger partial charge in [0, 0.05) is 38.0 Å². The zero-order valence-corrected chi connectivity index (χ0v) is 13.0. The monoisotopic (exact) mass is 303 g/mol. The summed E-state index contributed by atoms with van der Waals surface area (Å²) in [6.45, 7) is 5.97. The molecule has 0 aliphatic heterocycles. The normalized spacial score (nSPS) is 13.0. The summed E-state index contributed by atoms with van der Waals surface area (Å²) in [4.78, 5) is 4.40. The fourth-order valence-corrected chi connectivity index (χ4v) is 2.22. The highest BCUT2D eigenvalue weighted by molar-refractivity contribution is 4.95. The molecule has 1 unspecified atom stereocenters. The molecule has 21 heavy (non-hydrogen) atoms. The Labute approximate surface area is 125 Å². The number of imidazole rings is 1. The fourth-order valence-electron chi connectivity index (χ4n) is 2.22. The quantitative estimate of drug-likeness (QED) is 0.604. The highest BCUT2D eigenvalue weighted by Gasteiger charge is 2.13. The molecule has 4 nitrogen and oxygen atoms in total. The van der Waals surface area contributed by atoms with Crippen LogP contribution in [0.25, 0.3) is 0 Å². The zero-order chi connectivity index (χ0) is 15.5. The van der Waals surface area contributed by atoms with E-state index in [1.54, 1.807) is 0 Å². The van der Waals surface area contributed by atoms with E-state index in [1.807, 2.05) is 12.4 Å². The molecule has 0 aromatic carbocycles. The van der Waals surface area contributed by atoms with Crippen LogP contribution < -0.4 is 5.32 Å². The van der Waals surface area contributed by atoms with Crippen LogP contribution in [0.15, 0.2) is 12.4 Å². The van der Waals surface area contributed by atoms with Gasteiger partial charge in [0.2, 0.25) is 0 Å². The van der Waals surface area contributed by atoms with Crippen molar-refractivity contribution in [2.45, 2.75) is 58.5 Å². The average molecular weight is 303 g/mol. The topological polar surface area (TPSA) is 39.1 Å². The second kappa shape index (κ2) is 10.7. The van der Waals surface area contributed by atoms with Crippen LogP contribution in [0.3, 0.4) is 0 Å². The van der Waals surface area contributed by atoms with Gasteiger partial charge in [-0.3, -0.25) is 0 Å². The molecule has 1 aromatic rings. The minimum Gasteiger partial charge on any atom is -0.375 e. The fraction of sp³-hybridized carbons (Fsp3) is 0.800.